The van der Waals surface area contributed by atoms with E-state index in [2.05, 4.69) is 38.3 Å². The van der Waals surface area contributed by atoms with Gasteiger partial charge in [0.1, 0.15) is 11.6 Å². The summed E-state index contributed by atoms with van der Waals surface area (Å²) in [4.78, 5) is 26.9. The van der Waals surface area contributed by atoms with Gasteiger partial charge >= 0.3 is 0 Å². The van der Waals surface area contributed by atoms with Crippen LogP contribution < -0.4 is 5.56 Å². The molecule has 27 heavy (non-hydrogen) atoms. The normalized spacial score (nSPS) is 16.1. The number of ether oxygens (including phenoxy) is 1. The summed E-state index contributed by atoms with van der Waals surface area (Å²) in [6.45, 7) is 9.28. The molecule has 7 heteroatoms. The molecule has 1 fully saturated rings. The average Bonchev–Trinajstić information content (AvgIpc) is 3.11. The lowest BCUT2D eigenvalue weighted by Crippen LogP contribution is -2.44. The Kier molecular flexibility index (Phi) is 4.80. The number of imidazole rings is 1. The summed E-state index contributed by atoms with van der Waals surface area (Å²) in [5.74, 6) is 1.63. The molecule has 3 heterocycles. The lowest BCUT2D eigenvalue weighted by molar-refractivity contribution is 0.0287. The summed E-state index contributed by atoms with van der Waals surface area (Å²) in [5.41, 5.74) is 0.480. The van der Waals surface area contributed by atoms with E-state index >= 15 is 0 Å². The number of rotatable bonds is 5. The number of fused-ring (bicyclic) bond motifs is 1. The quantitative estimate of drug-likeness (QED) is 0.744. The van der Waals surface area contributed by atoms with Gasteiger partial charge in [-0.3, -0.25) is 9.69 Å². The Hall–Kier alpha value is -2.51. The van der Waals surface area contributed by atoms with Gasteiger partial charge < -0.3 is 14.3 Å². The number of aromatic nitrogens is 4. The van der Waals surface area contributed by atoms with E-state index in [1.54, 1.807) is 6.07 Å². The van der Waals surface area contributed by atoms with Crippen molar-refractivity contribution in [3.05, 3.63) is 58.7 Å². The molecule has 0 bridgehead atoms. The highest BCUT2D eigenvalue weighted by Gasteiger charge is 2.29. The summed E-state index contributed by atoms with van der Waals surface area (Å²) in [5, 5.41) is 0.611. The number of hydrogen-bond donors (Lipinski definition) is 1. The Morgan fingerprint density at radius 3 is 2.81 bits per heavy atom. The van der Waals surface area contributed by atoms with E-state index in [0.29, 0.717) is 23.3 Å². The molecule has 4 rings (SSSR count). The van der Waals surface area contributed by atoms with Crippen LogP contribution in [-0.4, -0.2) is 57.3 Å². The van der Waals surface area contributed by atoms with Crippen molar-refractivity contribution in [1.29, 1.82) is 0 Å². The molecule has 1 aromatic carbocycles. The van der Waals surface area contributed by atoms with Gasteiger partial charge in [0.15, 0.2) is 0 Å². The predicted molar refractivity (Wildman–Crippen MR) is 104 cm³/mol. The molecule has 0 aliphatic carbocycles. The van der Waals surface area contributed by atoms with Crippen molar-refractivity contribution in [2.45, 2.75) is 25.8 Å². The first-order chi connectivity index (χ1) is 13.0. The van der Waals surface area contributed by atoms with Gasteiger partial charge in [-0.2, -0.15) is 0 Å². The van der Waals surface area contributed by atoms with Crippen molar-refractivity contribution in [2.75, 3.05) is 32.8 Å². The van der Waals surface area contributed by atoms with Crippen LogP contribution in [0.3, 0.4) is 0 Å². The number of benzene rings is 1. The Bertz CT molecular complexity index is 985. The topological polar surface area (TPSA) is 76.0 Å². The molecule has 0 atom stereocenters. The molecule has 0 unspecified atom stereocenters. The van der Waals surface area contributed by atoms with E-state index in [-0.39, 0.29) is 11.0 Å². The number of morpholine rings is 1. The Labute approximate surface area is 158 Å². The minimum atomic E-state index is -0.127. The molecule has 3 aromatic rings. The summed E-state index contributed by atoms with van der Waals surface area (Å²) >= 11 is 0. The number of hydrogen-bond acceptors (Lipinski definition) is 5. The summed E-state index contributed by atoms with van der Waals surface area (Å²) in [7, 11) is 0. The fourth-order valence-electron chi connectivity index (χ4n) is 3.78. The molecule has 1 N–H and O–H groups in total. The van der Waals surface area contributed by atoms with E-state index in [9.17, 15) is 4.79 Å². The maximum Gasteiger partial charge on any atom is 0.258 e. The number of H-pyrrole nitrogens is 1. The second-order valence-electron chi connectivity index (χ2n) is 7.68. The van der Waals surface area contributed by atoms with Crippen molar-refractivity contribution in [2.24, 2.45) is 0 Å². The molecular formula is C20H25N5O2. The number of nitrogens with zero attached hydrogens (tertiary/aromatic N) is 4. The van der Waals surface area contributed by atoms with E-state index in [4.69, 9.17) is 4.74 Å². The largest absolute Gasteiger partial charge is 0.379 e. The zero-order chi connectivity index (χ0) is 18.9. The van der Waals surface area contributed by atoms with Gasteiger partial charge in [0.2, 0.25) is 0 Å². The number of nitrogens with one attached hydrogen (secondary N) is 1. The summed E-state index contributed by atoms with van der Waals surface area (Å²) in [6.07, 6.45) is 3.77. The summed E-state index contributed by atoms with van der Waals surface area (Å²) in [6, 6.07) is 7.40. The van der Waals surface area contributed by atoms with E-state index in [0.717, 1.165) is 38.7 Å². The highest BCUT2D eigenvalue weighted by atomic mass is 16.5. The molecule has 0 amide bonds. The van der Waals surface area contributed by atoms with Crippen molar-refractivity contribution in [3.63, 3.8) is 0 Å². The van der Waals surface area contributed by atoms with Crippen molar-refractivity contribution in [1.82, 2.24) is 24.4 Å². The number of aromatic amines is 1. The maximum atomic E-state index is 12.3. The van der Waals surface area contributed by atoms with Gasteiger partial charge in [-0.1, -0.05) is 26.0 Å². The first kappa shape index (κ1) is 17.9. The highest BCUT2D eigenvalue weighted by Crippen LogP contribution is 2.24. The summed E-state index contributed by atoms with van der Waals surface area (Å²) < 4.78 is 7.53. The molecule has 142 valence electrons. The van der Waals surface area contributed by atoms with Crippen LogP contribution in [0.5, 0.6) is 0 Å². The van der Waals surface area contributed by atoms with Crippen LogP contribution in [0.25, 0.3) is 10.9 Å². The molecule has 0 spiro atoms. The second kappa shape index (κ2) is 7.25. The molecule has 0 saturated carbocycles. The van der Waals surface area contributed by atoms with Gasteiger partial charge in [-0.15, -0.1) is 0 Å². The van der Waals surface area contributed by atoms with Crippen molar-refractivity contribution in [3.8, 4) is 0 Å². The van der Waals surface area contributed by atoms with Gasteiger partial charge in [-0.05, 0) is 12.1 Å². The van der Waals surface area contributed by atoms with Gasteiger partial charge in [0, 0.05) is 37.4 Å². The van der Waals surface area contributed by atoms with Crippen molar-refractivity contribution >= 4 is 10.9 Å². The van der Waals surface area contributed by atoms with Gasteiger partial charge in [-0.25, -0.2) is 9.97 Å². The van der Waals surface area contributed by atoms with Crippen LogP contribution in [0.2, 0.25) is 0 Å². The second-order valence-corrected chi connectivity index (χ2v) is 7.68. The predicted octanol–water partition coefficient (Wildman–Crippen LogP) is 1.78. The van der Waals surface area contributed by atoms with Crippen LogP contribution in [0.15, 0.2) is 41.5 Å². The third-order valence-corrected chi connectivity index (χ3v) is 5.03. The zero-order valence-corrected chi connectivity index (χ0v) is 15.8. The smallest absolute Gasteiger partial charge is 0.258 e. The molecule has 7 nitrogen and oxygen atoms in total. The Morgan fingerprint density at radius 2 is 2.00 bits per heavy atom. The fraction of sp³-hybridized carbons (Fsp3) is 0.450. The third kappa shape index (κ3) is 3.79. The number of para-hydroxylation sites is 1. The molecule has 0 radical (unpaired) electrons. The Balaban J connectivity index is 1.59. The minimum absolute atomic E-state index is 0.107. The first-order valence-electron chi connectivity index (χ1n) is 9.33. The van der Waals surface area contributed by atoms with Crippen LogP contribution in [0.1, 0.15) is 25.5 Å². The molecule has 2 aromatic heterocycles. The maximum absolute atomic E-state index is 12.3. The zero-order valence-electron chi connectivity index (χ0n) is 15.8. The monoisotopic (exact) mass is 367 g/mol. The lowest BCUT2D eigenvalue weighted by Gasteiger charge is -2.34. The van der Waals surface area contributed by atoms with Crippen LogP contribution >= 0.6 is 0 Å². The van der Waals surface area contributed by atoms with E-state index in [1.807, 2.05) is 30.6 Å². The molecular weight excluding hydrogens is 342 g/mol. The average molecular weight is 367 g/mol. The van der Waals surface area contributed by atoms with Crippen LogP contribution in [0.4, 0.5) is 0 Å². The van der Waals surface area contributed by atoms with Crippen LogP contribution in [0, 0.1) is 0 Å². The SMILES string of the molecule is CC(C)(CN1CCOCC1)c1nccn1Cc1nc2ccccc2c(=O)[nH]1. The van der Waals surface area contributed by atoms with E-state index in [1.165, 1.54) is 0 Å². The highest BCUT2D eigenvalue weighted by molar-refractivity contribution is 5.77. The standard InChI is InChI=1S/C20H25N5O2/c1-20(2,14-24-9-11-27-12-10-24)19-21-7-8-25(19)13-17-22-16-6-4-3-5-15(16)18(26)23-17/h3-8H,9-14H2,1-2H3,(H,22,23,26). The first-order valence-corrected chi connectivity index (χ1v) is 9.33. The van der Waals surface area contributed by atoms with E-state index < -0.39 is 0 Å². The fourth-order valence-corrected chi connectivity index (χ4v) is 3.78. The Morgan fingerprint density at radius 1 is 1.22 bits per heavy atom. The van der Waals surface area contributed by atoms with Crippen LogP contribution in [-0.2, 0) is 16.7 Å². The third-order valence-electron chi connectivity index (χ3n) is 5.03. The molecule has 1 aliphatic heterocycles. The minimum Gasteiger partial charge on any atom is -0.379 e. The molecule has 1 aliphatic rings. The lowest BCUT2D eigenvalue weighted by atomic mass is 9.91. The van der Waals surface area contributed by atoms with Gasteiger partial charge in [0.25, 0.3) is 5.56 Å². The van der Waals surface area contributed by atoms with Gasteiger partial charge in [0.05, 0.1) is 30.7 Å². The van der Waals surface area contributed by atoms with Crippen molar-refractivity contribution < 1.29 is 4.74 Å². The molecule has 1 saturated heterocycles.